The number of nitrogens with one attached hydrogen (secondary N) is 1. The van der Waals surface area contributed by atoms with Crippen LogP contribution < -0.4 is 4.72 Å². The summed E-state index contributed by atoms with van der Waals surface area (Å²) in [5.41, 5.74) is 0. The van der Waals surface area contributed by atoms with Crippen LogP contribution >= 0.6 is 0 Å². The molecule has 0 unspecified atom stereocenters. The highest BCUT2D eigenvalue weighted by atomic mass is 32.2. The van der Waals surface area contributed by atoms with E-state index in [9.17, 15) is 13.2 Å². The minimum atomic E-state index is -3.08. The molecule has 0 aromatic heterocycles. The van der Waals surface area contributed by atoms with E-state index in [1.165, 1.54) is 14.0 Å². The van der Waals surface area contributed by atoms with Crippen molar-refractivity contribution in [3.8, 4) is 0 Å². The molecule has 5 nitrogen and oxygen atoms in total. The SMILES string of the molecule is CNS(=O)(=O)CCCCCOC(C)=O. The number of ether oxygens (including phenoxy) is 1. The first-order valence-corrected chi connectivity index (χ1v) is 6.18. The van der Waals surface area contributed by atoms with E-state index >= 15 is 0 Å². The van der Waals surface area contributed by atoms with Gasteiger partial charge in [-0.25, -0.2) is 13.1 Å². The molecule has 0 saturated carbocycles. The van der Waals surface area contributed by atoms with Crippen LogP contribution in [-0.2, 0) is 19.6 Å². The summed E-state index contributed by atoms with van der Waals surface area (Å²) in [6.45, 7) is 1.72. The summed E-state index contributed by atoms with van der Waals surface area (Å²) in [6.07, 6.45) is 2.04. The predicted octanol–water partition coefficient (Wildman–Crippen LogP) is 0.269. The first-order chi connectivity index (χ1) is 6.48. The third-order valence-electron chi connectivity index (χ3n) is 1.67. The fourth-order valence-corrected chi connectivity index (χ4v) is 1.68. The van der Waals surface area contributed by atoms with E-state index in [4.69, 9.17) is 4.74 Å². The van der Waals surface area contributed by atoms with Gasteiger partial charge in [-0.15, -0.1) is 0 Å². The Morgan fingerprint density at radius 2 is 1.93 bits per heavy atom. The number of unbranched alkanes of at least 4 members (excludes halogenated alkanes) is 2. The number of sulfonamides is 1. The number of rotatable bonds is 7. The quantitative estimate of drug-likeness (QED) is 0.496. The summed E-state index contributed by atoms with van der Waals surface area (Å²) < 4.78 is 28.8. The molecule has 0 aliphatic carbocycles. The molecule has 0 aromatic rings. The van der Waals surface area contributed by atoms with E-state index in [0.29, 0.717) is 19.4 Å². The lowest BCUT2D eigenvalue weighted by atomic mass is 10.3. The second kappa shape index (κ2) is 6.78. The smallest absolute Gasteiger partial charge is 0.302 e. The van der Waals surface area contributed by atoms with Crippen LogP contribution in [0.15, 0.2) is 0 Å². The summed E-state index contributed by atoms with van der Waals surface area (Å²) >= 11 is 0. The average Bonchev–Trinajstić information content (AvgIpc) is 2.10. The van der Waals surface area contributed by atoms with Crippen molar-refractivity contribution in [2.45, 2.75) is 26.2 Å². The largest absolute Gasteiger partial charge is 0.466 e. The Balaban J connectivity index is 3.35. The second-order valence-corrected chi connectivity index (χ2v) is 4.97. The monoisotopic (exact) mass is 223 g/mol. The first-order valence-electron chi connectivity index (χ1n) is 4.52. The summed E-state index contributed by atoms with van der Waals surface area (Å²) in [7, 11) is -1.68. The van der Waals surface area contributed by atoms with E-state index in [-0.39, 0.29) is 11.7 Å². The normalized spacial score (nSPS) is 11.3. The zero-order chi connectivity index (χ0) is 11.0. The molecule has 0 spiro atoms. The van der Waals surface area contributed by atoms with Crippen LogP contribution in [0.25, 0.3) is 0 Å². The Kier molecular flexibility index (Phi) is 6.48. The summed E-state index contributed by atoms with van der Waals surface area (Å²) in [5.74, 6) is -0.170. The summed E-state index contributed by atoms with van der Waals surface area (Å²) in [4.78, 5) is 10.4. The molecule has 0 aromatic carbocycles. The lowest BCUT2D eigenvalue weighted by Crippen LogP contribution is -2.21. The van der Waals surface area contributed by atoms with Crippen LogP contribution in [0, 0.1) is 0 Å². The van der Waals surface area contributed by atoms with Gasteiger partial charge in [-0.3, -0.25) is 4.79 Å². The maximum absolute atomic E-state index is 10.9. The molecule has 0 radical (unpaired) electrons. The molecule has 14 heavy (non-hydrogen) atoms. The minimum absolute atomic E-state index is 0.129. The molecule has 1 N–H and O–H groups in total. The number of carbonyl (C=O) groups is 1. The van der Waals surface area contributed by atoms with Gasteiger partial charge in [0.2, 0.25) is 10.0 Å². The standard InChI is InChI=1S/C8H17NO4S/c1-8(10)13-6-4-3-5-7-14(11,12)9-2/h9H,3-7H2,1-2H3. The molecular weight excluding hydrogens is 206 g/mol. The van der Waals surface area contributed by atoms with Gasteiger partial charge in [0.15, 0.2) is 0 Å². The lowest BCUT2D eigenvalue weighted by Gasteiger charge is -2.02. The van der Waals surface area contributed by atoms with E-state index in [1.54, 1.807) is 0 Å². The van der Waals surface area contributed by atoms with E-state index in [1.807, 2.05) is 0 Å². The van der Waals surface area contributed by atoms with Crippen molar-refractivity contribution >= 4 is 16.0 Å². The maximum atomic E-state index is 10.9. The van der Waals surface area contributed by atoms with Crippen molar-refractivity contribution in [2.24, 2.45) is 0 Å². The molecule has 0 saturated heterocycles. The number of carbonyl (C=O) groups excluding carboxylic acids is 1. The molecule has 0 amide bonds. The minimum Gasteiger partial charge on any atom is -0.466 e. The molecule has 0 bridgehead atoms. The van der Waals surface area contributed by atoms with E-state index in [2.05, 4.69) is 4.72 Å². The number of esters is 1. The van der Waals surface area contributed by atoms with Crippen LogP contribution in [0.5, 0.6) is 0 Å². The Labute approximate surface area is 84.9 Å². The Morgan fingerprint density at radius 3 is 2.43 bits per heavy atom. The predicted molar refractivity (Wildman–Crippen MR) is 53.3 cm³/mol. The third-order valence-corrected chi connectivity index (χ3v) is 3.12. The van der Waals surface area contributed by atoms with Gasteiger partial charge in [0, 0.05) is 6.92 Å². The molecular formula is C8H17NO4S. The third kappa shape index (κ3) is 8.00. The molecule has 0 heterocycles. The van der Waals surface area contributed by atoms with Gasteiger partial charge in [0.1, 0.15) is 0 Å². The zero-order valence-electron chi connectivity index (χ0n) is 8.58. The Hall–Kier alpha value is -0.620. The van der Waals surface area contributed by atoms with Crippen molar-refractivity contribution in [3.05, 3.63) is 0 Å². The van der Waals surface area contributed by atoms with Gasteiger partial charge >= 0.3 is 5.97 Å². The highest BCUT2D eigenvalue weighted by molar-refractivity contribution is 7.89. The molecule has 84 valence electrons. The van der Waals surface area contributed by atoms with Crippen LogP contribution in [0.4, 0.5) is 0 Å². The van der Waals surface area contributed by atoms with Crippen LogP contribution in [0.3, 0.4) is 0 Å². The first kappa shape index (κ1) is 13.4. The van der Waals surface area contributed by atoms with Crippen molar-refractivity contribution in [1.82, 2.24) is 4.72 Å². The maximum Gasteiger partial charge on any atom is 0.302 e. The lowest BCUT2D eigenvalue weighted by molar-refractivity contribution is -0.141. The van der Waals surface area contributed by atoms with Gasteiger partial charge in [-0.05, 0) is 26.3 Å². The second-order valence-electron chi connectivity index (χ2n) is 2.92. The van der Waals surface area contributed by atoms with Gasteiger partial charge in [0.25, 0.3) is 0 Å². The van der Waals surface area contributed by atoms with Crippen molar-refractivity contribution in [1.29, 1.82) is 0 Å². The van der Waals surface area contributed by atoms with Gasteiger partial charge in [-0.1, -0.05) is 0 Å². The van der Waals surface area contributed by atoms with Gasteiger partial charge < -0.3 is 4.74 Å². The number of hydrogen-bond donors (Lipinski definition) is 1. The summed E-state index contributed by atoms with van der Waals surface area (Å²) in [6, 6.07) is 0. The van der Waals surface area contributed by atoms with Crippen molar-refractivity contribution in [3.63, 3.8) is 0 Å². The topological polar surface area (TPSA) is 72.5 Å². The molecule has 0 fully saturated rings. The fraction of sp³-hybridized carbons (Fsp3) is 0.875. The van der Waals surface area contributed by atoms with E-state index in [0.717, 1.165) is 6.42 Å². The molecule has 6 heteroatoms. The van der Waals surface area contributed by atoms with Gasteiger partial charge in [-0.2, -0.15) is 0 Å². The molecule has 0 atom stereocenters. The van der Waals surface area contributed by atoms with Gasteiger partial charge in [0.05, 0.1) is 12.4 Å². The fourth-order valence-electron chi connectivity index (χ4n) is 0.889. The molecule has 0 rings (SSSR count). The Bertz CT molecular complexity index is 261. The number of hydrogen-bond acceptors (Lipinski definition) is 4. The van der Waals surface area contributed by atoms with Crippen molar-refractivity contribution in [2.75, 3.05) is 19.4 Å². The average molecular weight is 223 g/mol. The molecule has 0 aliphatic heterocycles. The van der Waals surface area contributed by atoms with Crippen LogP contribution in [0.1, 0.15) is 26.2 Å². The van der Waals surface area contributed by atoms with Crippen molar-refractivity contribution < 1.29 is 17.9 Å². The van der Waals surface area contributed by atoms with E-state index < -0.39 is 10.0 Å². The van der Waals surface area contributed by atoms with Crippen LogP contribution in [-0.4, -0.2) is 33.8 Å². The highest BCUT2D eigenvalue weighted by Crippen LogP contribution is 1.98. The zero-order valence-corrected chi connectivity index (χ0v) is 9.39. The Morgan fingerprint density at radius 1 is 1.29 bits per heavy atom. The van der Waals surface area contributed by atoms with Crippen LogP contribution in [0.2, 0.25) is 0 Å². The summed E-state index contributed by atoms with van der Waals surface area (Å²) in [5, 5.41) is 0. The molecule has 0 aliphatic rings. The highest BCUT2D eigenvalue weighted by Gasteiger charge is 2.05.